The predicted molar refractivity (Wildman–Crippen MR) is 156 cm³/mol. The van der Waals surface area contributed by atoms with Gasteiger partial charge in [0.1, 0.15) is 24.4 Å². The van der Waals surface area contributed by atoms with E-state index >= 15 is 0 Å². The van der Waals surface area contributed by atoms with Crippen molar-refractivity contribution in [3.05, 3.63) is 35.5 Å². The quantitative estimate of drug-likeness (QED) is 0.376. The maximum absolute atomic E-state index is 14.1. The van der Waals surface area contributed by atoms with E-state index in [0.29, 0.717) is 18.7 Å². The number of ketones is 1. The molecule has 0 radical (unpaired) electrons. The first-order valence-electron chi connectivity index (χ1n) is 14.1. The number of amides is 3. The number of H-pyrrole nitrogens is 1. The van der Waals surface area contributed by atoms with Crippen LogP contribution in [0.15, 0.2) is 24.3 Å². The second kappa shape index (κ2) is 11.7. The topological polar surface area (TPSA) is 132 Å². The molecule has 1 aliphatic heterocycles. The number of nitrogens with zero attached hydrogens (tertiary/aromatic N) is 1. The molecule has 1 saturated heterocycles. The number of fused-ring (bicyclic) bond motifs is 1. The Morgan fingerprint density at radius 2 is 1.80 bits per heavy atom. The highest BCUT2D eigenvalue weighted by Crippen LogP contribution is 2.42. The summed E-state index contributed by atoms with van der Waals surface area (Å²) in [4.78, 5) is 58.5. The Hall–Kier alpha value is -3.20. The predicted octanol–water partition coefficient (Wildman–Crippen LogP) is 3.59. The SMILES string of the molecule is Cc1cccc2[nH]c(C(=O)N[C@@H](CC(C)C)C(=O)N3C[C@@H](C)C(C)(C)[C@H]3C(=O)N[C@H](C(=O)CO)C(C)(C)C)cc12. The Bertz CT molecular complexity index is 1270. The molecule has 3 rings (SSSR count). The number of hydrogen-bond acceptors (Lipinski definition) is 5. The number of aromatic nitrogens is 1. The van der Waals surface area contributed by atoms with Crippen molar-refractivity contribution in [1.82, 2.24) is 20.5 Å². The fraction of sp³-hybridized carbons (Fsp3) is 0.613. The summed E-state index contributed by atoms with van der Waals surface area (Å²) in [7, 11) is 0. The monoisotopic (exact) mass is 554 g/mol. The first-order chi connectivity index (χ1) is 18.5. The first-order valence-corrected chi connectivity index (χ1v) is 14.1. The Labute approximate surface area is 237 Å². The van der Waals surface area contributed by atoms with Crippen LogP contribution in [0.4, 0.5) is 0 Å². The molecule has 0 bridgehead atoms. The van der Waals surface area contributed by atoms with Gasteiger partial charge in [0.05, 0.1) is 6.04 Å². The normalized spacial score (nSPS) is 20.4. The molecule has 1 fully saturated rings. The van der Waals surface area contributed by atoms with Gasteiger partial charge < -0.3 is 25.6 Å². The Kier molecular flexibility index (Phi) is 9.19. The van der Waals surface area contributed by atoms with Gasteiger partial charge in [-0.3, -0.25) is 19.2 Å². The van der Waals surface area contributed by atoms with Crippen molar-refractivity contribution >= 4 is 34.4 Å². The van der Waals surface area contributed by atoms with Crippen molar-refractivity contribution in [2.24, 2.45) is 22.7 Å². The van der Waals surface area contributed by atoms with Crippen LogP contribution in [-0.4, -0.2) is 69.8 Å². The molecular weight excluding hydrogens is 508 g/mol. The minimum atomic E-state index is -0.912. The van der Waals surface area contributed by atoms with Crippen LogP contribution in [0.2, 0.25) is 0 Å². The molecule has 2 aromatic rings. The van der Waals surface area contributed by atoms with Gasteiger partial charge in [0, 0.05) is 17.4 Å². The largest absolute Gasteiger partial charge is 0.389 e. The van der Waals surface area contributed by atoms with Crippen molar-refractivity contribution in [2.75, 3.05) is 13.2 Å². The molecule has 4 N–H and O–H groups in total. The molecule has 40 heavy (non-hydrogen) atoms. The van der Waals surface area contributed by atoms with Crippen LogP contribution in [0, 0.1) is 29.6 Å². The zero-order valence-electron chi connectivity index (χ0n) is 25.3. The van der Waals surface area contributed by atoms with Crippen LogP contribution in [0.5, 0.6) is 0 Å². The molecule has 0 spiro atoms. The molecule has 1 aromatic heterocycles. The molecule has 1 aliphatic rings. The highest BCUT2D eigenvalue weighted by molar-refractivity contribution is 6.01. The number of benzene rings is 1. The number of aromatic amines is 1. The molecule has 9 nitrogen and oxygen atoms in total. The van der Waals surface area contributed by atoms with Gasteiger partial charge in [-0.05, 0) is 53.7 Å². The fourth-order valence-electron chi connectivity index (χ4n) is 5.65. The van der Waals surface area contributed by atoms with Gasteiger partial charge in [-0.15, -0.1) is 0 Å². The number of nitrogens with one attached hydrogen (secondary N) is 3. The Morgan fingerprint density at radius 3 is 2.35 bits per heavy atom. The van der Waals surface area contributed by atoms with Gasteiger partial charge in [0.2, 0.25) is 11.8 Å². The van der Waals surface area contributed by atoms with Gasteiger partial charge in [0.25, 0.3) is 5.91 Å². The molecule has 9 heteroatoms. The summed E-state index contributed by atoms with van der Waals surface area (Å²) in [5.41, 5.74) is 1.02. The number of aryl methyl sites for hydroxylation is 1. The number of rotatable bonds is 9. The molecule has 0 aliphatic carbocycles. The van der Waals surface area contributed by atoms with E-state index < -0.39 is 47.3 Å². The van der Waals surface area contributed by atoms with Crippen LogP contribution >= 0.6 is 0 Å². The van der Waals surface area contributed by atoms with Gasteiger partial charge in [-0.1, -0.05) is 67.5 Å². The van der Waals surface area contributed by atoms with Crippen LogP contribution < -0.4 is 10.6 Å². The summed E-state index contributed by atoms with van der Waals surface area (Å²) in [6.07, 6.45) is 0.400. The van der Waals surface area contributed by atoms with E-state index in [9.17, 15) is 24.3 Å². The second-order valence-corrected chi connectivity index (χ2v) is 13.4. The van der Waals surface area contributed by atoms with Crippen molar-refractivity contribution < 1.29 is 24.3 Å². The maximum atomic E-state index is 14.1. The van der Waals surface area contributed by atoms with Crippen LogP contribution in [0.1, 0.15) is 77.9 Å². The molecule has 3 amide bonds. The molecule has 1 aromatic carbocycles. The average Bonchev–Trinajstić information content (AvgIpc) is 3.39. The van der Waals surface area contributed by atoms with Crippen molar-refractivity contribution in [1.29, 1.82) is 0 Å². The summed E-state index contributed by atoms with van der Waals surface area (Å²) in [5, 5.41) is 16.2. The maximum Gasteiger partial charge on any atom is 0.268 e. The number of Topliss-reactive ketones (excluding diaryl/α,β-unsaturated/α-hetero) is 1. The van der Waals surface area contributed by atoms with E-state index in [-0.39, 0.29) is 23.7 Å². The van der Waals surface area contributed by atoms with E-state index in [2.05, 4.69) is 15.6 Å². The van der Waals surface area contributed by atoms with E-state index in [0.717, 1.165) is 16.5 Å². The zero-order valence-corrected chi connectivity index (χ0v) is 25.3. The lowest BCUT2D eigenvalue weighted by atomic mass is 9.76. The van der Waals surface area contributed by atoms with Crippen molar-refractivity contribution in [3.63, 3.8) is 0 Å². The highest BCUT2D eigenvalue weighted by atomic mass is 16.3. The molecule has 0 unspecified atom stereocenters. The smallest absolute Gasteiger partial charge is 0.268 e. The van der Waals surface area contributed by atoms with E-state index in [1.54, 1.807) is 11.0 Å². The van der Waals surface area contributed by atoms with Crippen LogP contribution in [0.3, 0.4) is 0 Å². The first kappa shape index (κ1) is 31.3. The Balaban J connectivity index is 1.91. The molecular formula is C31H46N4O5. The minimum Gasteiger partial charge on any atom is -0.389 e. The molecule has 4 atom stereocenters. The summed E-state index contributed by atoms with van der Waals surface area (Å²) in [6, 6.07) is 4.98. The third-order valence-corrected chi connectivity index (χ3v) is 8.36. The van der Waals surface area contributed by atoms with E-state index in [1.165, 1.54) is 0 Å². The van der Waals surface area contributed by atoms with Gasteiger partial charge in [-0.25, -0.2) is 0 Å². The highest BCUT2D eigenvalue weighted by Gasteiger charge is 2.53. The summed E-state index contributed by atoms with van der Waals surface area (Å²) in [6.45, 7) is 16.9. The fourth-order valence-corrected chi connectivity index (χ4v) is 5.65. The van der Waals surface area contributed by atoms with Crippen molar-refractivity contribution in [2.45, 2.75) is 86.9 Å². The van der Waals surface area contributed by atoms with Gasteiger partial charge in [0.15, 0.2) is 5.78 Å². The van der Waals surface area contributed by atoms with E-state index in [1.807, 2.05) is 80.5 Å². The third kappa shape index (κ3) is 6.40. The van der Waals surface area contributed by atoms with E-state index in [4.69, 9.17) is 0 Å². The number of carbonyl (C=O) groups is 4. The van der Waals surface area contributed by atoms with Crippen LogP contribution in [-0.2, 0) is 14.4 Å². The molecule has 220 valence electrons. The zero-order chi connectivity index (χ0) is 30.2. The lowest BCUT2D eigenvalue weighted by Crippen LogP contribution is -2.60. The van der Waals surface area contributed by atoms with Crippen LogP contribution in [0.25, 0.3) is 10.9 Å². The van der Waals surface area contributed by atoms with Crippen molar-refractivity contribution in [3.8, 4) is 0 Å². The number of likely N-dealkylation sites (tertiary alicyclic amines) is 1. The summed E-state index contributed by atoms with van der Waals surface area (Å²) < 4.78 is 0. The standard InChI is InChI=1S/C31H46N4O5/c1-17(2)13-23(33-27(38)22-14-20-18(3)11-10-12-21(20)32-22)29(40)35-15-19(4)31(8,9)26(35)28(39)34-25(24(37)16-36)30(5,6)7/h10-12,14,17,19,23,25-26,32,36H,13,15-16H2,1-9H3,(H,33,38)(H,34,39)/t19-,23+,25-,26-/m1/s1. The lowest BCUT2D eigenvalue weighted by molar-refractivity contribution is -0.144. The second-order valence-electron chi connectivity index (χ2n) is 13.4. The molecule has 0 saturated carbocycles. The average molecular weight is 555 g/mol. The number of aliphatic hydroxyl groups is 1. The number of hydrogen-bond donors (Lipinski definition) is 4. The lowest BCUT2D eigenvalue weighted by Gasteiger charge is -2.37. The summed E-state index contributed by atoms with van der Waals surface area (Å²) >= 11 is 0. The van der Waals surface area contributed by atoms with Gasteiger partial charge in [-0.2, -0.15) is 0 Å². The Morgan fingerprint density at radius 1 is 1.15 bits per heavy atom. The number of aliphatic hydroxyl groups excluding tert-OH is 1. The minimum absolute atomic E-state index is 0.0130. The summed E-state index contributed by atoms with van der Waals surface area (Å²) in [5.74, 6) is -1.55. The molecule has 2 heterocycles. The number of carbonyl (C=O) groups excluding carboxylic acids is 4. The van der Waals surface area contributed by atoms with Gasteiger partial charge >= 0.3 is 0 Å². The third-order valence-electron chi connectivity index (χ3n) is 8.36.